The SMILES string of the molecule is Cc1cccc(Cc2cnc(NC(=O)C3CC3)s2)c1. The number of anilines is 1. The molecule has 1 fully saturated rings. The second-order valence-electron chi connectivity index (χ2n) is 5.06. The van der Waals surface area contributed by atoms with Gasteiger partial charge in [0.1, 0.15) is 0 Å². The number of hydrogen-bond acceptors (Lipinski definition) is 3. The van der Waals surface area contributed by atoms with Crippen molar-refractivity contribution >= 4 is 22.4 Å². The molecule has 1 N–H and O–H groups in total. The predicted molar refractivity (Wildman–Crippen MR) is 77.5 cm³/mol. The molecule has 0 radical (unpaired) electrons. The molecule has 0 atom stereocenters. The van der Waals surface area contributed by atoms with Gasteiger partial charge in [-0.1, -0.05) is 29.8 Å². The van der Waals surface area contributed by atoms with Gasteiger partial charge in [-0.3, -0.25) is 4.79 Å². The second-order valence-corrected chi connectivity index (χ2v) is 6.18. The summed E-state index contributed by atoms with van der Waals surface area (Å²) in [6.07, 6.45) is 4.77. The highest BCUT2D eigenvalue weighted by molar-refractivity contribution is 7.15. The van der Waals surface area contributed by atoms with Gasteiger partial charge in [0.2, 0.25) is 5.91 Å². The highest BCUT2D eigenvalue weighted by atomic mass is 32.1. The van der Waals surface area contributed by atoms with Gasteiger partial charge in [0.15, 0.2) is 5.13 Å². The lowest BCUT2D eigenvalue weighted by Crippen LogP contribution is -2.12. The molecular formula is C15H16N2OS. The fraction of sp³-hybridized carbons (Fsp3) is 0.333. The summed E-state index contributed by atoms with van der Waals surface area (Å²) in [6, 6.07) is 8.47. The van der Waals surface area contributed by atoms with E-state index in [1.807, 2.05) is 6.20 Å². The monoisotopic (exact) mass is 272 g/mol. The lowest BCUT2D eigenvalue weighted by Gasteiger charge is -2.00. The van der Waals surface area contributed by atoms with Gasteiger partial charge in [-0.05, 0) is 25.3 Å². The van der Waals surface area contributed by atoms with Crippen LogP contribution in [0.2, 0.25) is 0 Å². The molecule has 1 aromatic carbocycles. The number of nitrogens with one attached hydrogen (secondary N) is 1. The Kier molecular flexibility index (Phi) is 3.34. The predicted octanol–water partition coefficient (Wildman–Crippen LogP) is 3.39. The van der Waals surface area contributed by atoms with E-state index in [0.29, 0.717) is 0 Å². The molecule has 0 saturated heterocycles. The Morgan fingerprint density at radius 2 is 2.32 bits per heavy atom. The van der Waals surface area contributed by atoms with Crippen LogP contribution in [0, 0.1) is 12.8 Å². The van der Waals surface area contributed by atoms with Crippen LogP contribution in [0.15, 0.2) is 30.5 Å². The lowest BCUT2D eigenvalue weighted by atomic mass is 10.1. The highest BCUT2D eigenvalue weighted by Gasteiger charge is 2.30. The standard InChI is InChI=1S/C15H16N2OS/c1-10-3-2-4-11(7-10)8-13-9-16-15(19-13)17-14(18)12-5-6-12/h2-4,7,9,12H,5-6,8H2,1H3,(H,16,17,18). The van der Waals surface area contributed by atoms with E-state index >= 15 is 0 Å². The fourth-order valence-corrected chi connectivity index (χ4v) is 2.87. The van der Waals surface area contributed by atoms with Crippen molar-refractivity contribution in [3.63, 3.8) is 0 Å². The summed E-state index contributed by atoms with van der Waals surface area (Å²) >= 11 is 1.56. The molecule has 1 heterocycles. The van der Waals surface area contributed by atoms with Crippen molar-refractivity contribution < 1.29 is 4.79 Å². The van der Waals surface area contributed by atoms with Crippen LogP contribution in [0.25, 0.3) is 0 Å². The molecule has 3 nitrogen and oxygen atoms in total. The number of carbonyl (C=O) groups is 1. The third kappa shape index (κ3) is 3.20. The first-order valence-electron chi connectivity index (χ1n) is 6.52. The second kappa shape index (κ2) is 5.13. The molecule has 1 aliphatic rings. The van der Waals surface area contributed by atoms with Crippen LogP contribution in [0.4, 0.5) is 5.13 Å². The molecular weight excluding hydrogens is 256 g/mol. The Morgan fingerprint density at radius 3 is 3.05 bits per heavy atom. The quantitative estimate of drug-likeness (QED) is 0.927. The van der Waals surface area contributed by atoms with E-state index in [4.69, 9.17) is 0 Å². The zero-order valence-corrected chi connectivity index (χ0v) is 11.7. The van der Waals surface area contributed by atoms with Crippen molar-refractivity contribution in [2.45, 2.75) is 26.2 Å². The molecule has 98 valence electrons. The van der Waals surface area contributed by atoms with E-state index in [0.717, 1.165) is 24.4 Å². The average molecular weight is 272 g/mol. The Balaban J connectivity index is 1.65. The maximum absolute atomic E-state index is 11.6. The zero-order valence-electron chi connectivity index (χ0n) is 10.8. The number of thiazole rings is 1. The summed E-state index contributed by atoms with van der Waals surface area (Å²) < 4.78 is 0. The topological polar surface area (TPSA) is 42.0 Å². The van der Waals surface area contributed by atoms with E-state index in [1.165, 1.54) is 16.0 Å². The number of carbonyl (C=O) groups excluding carboxylic acids is 1. The molecule has 4 heteroatoms. The van der Waals surface area contributed by atoms with Crippen LogP contribution in [-0.4, -0.2) is 10.9 Å². The van der Waals surface area contributed by atoms with Crippen LogP contribution in [0.1, 0.15) is 28.8 Å². The number of rotatable bonds is 4. The molecule has 3 rings (SSSR count). The third-order valence-corrected chi connectivity index (χ3v) is 4.11. The summed E-state index contributed by atoms with van der Waals surface area (Å²) in [5, 5.41) is 3.61. The Morgan fingerprint density at radius 1 is 1.47 bits per heavy atom. The number of aromatic nitrogens is 1. The first-order valence-corrected chi connectivity index (χ1v) is 7.33. The number of amides is 1. The molecule has 1 saturated carbocycles. The van der Waals surface area contributed by atoms with Gasteiger partial charge >= 0.3 is 0 Å². The number of benzene rings is 1. The molecule has 19 heavy (non-hydrogen) atoms. The summed E-state index contributed by atoms with van der Waals surface area (Å²) in [4.78, 5) is 17.1. The number of nitrogens with zero attached hydrogens (tertiary/aromatic N) is 1. The minimum absolute atomic E-state index is 0.122. The van der Waals surface area contributed by atoms with Gasteiger partial charge in [0.05, 0.1) is 0 Å². The van der Waals surface area contributed by atoms with Crippen LogP contribution in [0.3, 0.4) is 0 Å². The fourth-order valence-electron chi connectivity index (χ4n) is 2.02. The van der Waals surface area contributed by atoms with Crippen molar-refractivity contribution in [2.24, 2.45) is 5.92 Å². The van der Waals surface area contributed by atoms with E-state index < -0.39 is 0 Å². The van der Waals surface area contributed by atoms with Gasteiger partial charge in [-0.2, -0.15) is 0 Å². The van der Waals surface area contributed by atoms with Gasteiger partial charge in [-0.25, -0.2) is 4.98 Å². The van der Waals surface area contributed by atoms with E-state index in [1.54, 1.807) is 11.3 Å². The smallest absolute Gasteiger partial charge is 0.229 e. The summed E-state index contributed by atoms with van der Waals surface area (Å²) in [7, 11) is 0. The molecule has 0 spiro atoms. The molecule has 1 aromatic heterocycles. The molecule has 2 aromatic rings. The minimum Gasteiger partial charge on any atom is -0.302 e. The Bertz CT molecular complexity index is 602. The van der Waals surface area contributed by atoms with E-state index in [-0.39, 0.29) is 11.8 Å². The van der Waals surface area contributed by atoms with Crippen molar-refractivity contribution in [1.82, 2.24) is 4.98 Å². The van der Waals surface area contributed by atoms with E-state index in [2.05, 4.69) is 41.5 Å². The van der Waals surface area contributed by atoms with Crippen molar-refractivity contribution in [3.05, 3.63) is 46.5 Å². The van der Waals surface area contributed by atoms with Gasteiger partial charge in [-0.15, -0.1) is 11.3 Å². The van der Waals surface area contributed by atoms with Gasteiger partial charge < -0.3 is 5.32 Å². The lowest BCUT2D eigenvalue weighted by molar-refractivity contribution is -0.117. The molecule has 1 amide bonds. The maximum atomic E-state index is 11.6. The van der Waals surface area contributed by atoms with Crippen molar-refractivity contribution in [3.8, 4) is 0 Å². The summed E-state index contributed by atoms with van der Waals surface area (Å²) in [6.45, 7) is 2.09. The van der Waals surface area contributed by atoms with Crippen molar-refractivity contribution in [2.75, 3.05) is 5.32 Å². The first kappa shape index (κ1) is 12.4. The number of hydrogen-bond donors (Lipinski definition) is 1. The third-order valence-electron chi connectivity index (χ3n) is 3.19. The maximum Gasteiger partial charge on any atom is 0.229 e. The molecule has 0 bridgehead atoms. The highest BCUT2D eigenvalue weighted by Crippen LogP contribution is 2.31. The van der Waals surface area contributed by atoms with Gasteiger partial charge in [0.25, 0.3) is 0 Å². The molecule has 0 unspecified atom stereocenters. The summed E-state index contributed by atoms with van der Waals surface area (Å²) in [5.74, 6) is 0.348. The van der Waals surface area contributed by atoms with E-state index in [9.17, 15) is 4.79 Å². The largest absolute Gasteiger partial charge is 0.302 e. The van der Waals surface area contributed by atoms with Crippen molar-refractivity contribution in [1.29, 1.82) is 0 Å². The van der Waals surface area contributed by atoms with Crippen LogP contribution in [0.5, 0.6) is 0 Å². The normalized spacial score (nSPS) is 14.4. The number of aryl methyl sites for hydroxylation is 1. The Hall–Kier alpha value is -1.68. The van der Waals surface area contributed by atoms with Crippen LogP contribution >= 0.6 is 11.3 Å². The first-order chi connectivity index (χ1) is 9.20. The van der Waals surface area contributed by atoms with Crippen LogP contribution < -0.4 is 5.32 Å². The molecule has 1 aliphatic carbocycles. The molecule has 0 aliphatic heterocycles. The zero-order chi connectivity index (χ0) is 13.2. The van der Waals surface area contributed by atoms with Crippen LogP contribution in [-0.2, 0) is 11.2 Å². The Labute approximate surface area is 116 Å². The van der Waals surface area contributed by atoms with Gasteiger partial charge in [0, 0.05) is 23.4 Å². The summed E-state index contributed by atoms with van der Waals surface area (Å²) in [5.41, 5.74) is 2.55. The minimum atomic E-state index is 0.122. The average Bonchev–Trinajstić information content (AvgIpc) is 3.13.